The van der Waals surface area contributed by atoms with Crippen molar-refractivity contribution in [2.24, 2.45) is 0 Å². The van der Waals surface area contributed by atoms with Crippen LogP contribution in [0.15, 0.2) is 36.7 Å². The third-order valence-electron chi connectivity index (χ3n) is 2.14. The Balaban J connectivity index is 0.000000459. The number of nitrogens with one attached hydrogen (secondary N) is 1. The molecule has 0 aliphatic heterocycles. The van der Waals surface area contributed by atoms with Crippen LogP contribution in [0.5, 0.6) is 0 Å². The van der Waals surface area contributed by atoms with Crippen molar-refractivity contribution in [2.75, 3.05) is 0 Å². The minimum absolute atomic E-state index is 0. The van der Waals surface area contributed by atoms with Crippen LogP contribution < -0.4 is 0 Å². The van der Waals surface area contributed by atoms with Gasteiger partial charge in [0.15, 0.2) is 0 Å². The van der Waals surface area contributed by atoms with E-state index in [4.69, 9.17) is 0 Å². The second-order valence-electron chi connectivity index (χ2n) is 2.99. The molecule has 85 valence electrons. The second-order valence-corrected chi connectivity index (χ2v) is 2.99. The van der Waals surface area contributed by atoms with Crippen LogP contribution in [0.4, 0.5) is 0 Å². The fourth-order valence-corrected chi connectivity index (χ4v) is 1.47. The number of pyridine rings is 1. The summed E-state index contributed by atoms with van der Waals surface area (Å²) in [6, 6.07) is 7.81. The molecule has 0 aromatic carbocycles. The Morgan fingerprint density at radius 2 is 2.06 bits per heavy atom. The van der Waals surface area contributed by atoms with Crippen LogP contribution in [0.1, 0.15) is 13.8 Å². The number of hydrogen-bond acceptors (Lipinski definition) is 2. The molecule has 3 aromatic heterocycles. The maximum atomic E-state index is 4.12. The minimum atomic E-state index is 0. The summed E-state index contributed by atoms with van der Waals surface area (Å²) in [4.78, 5) is 0. The van der Waals surface area contributed by atoms with Gasteiger partial charge in [-0.15, -0.1) is 5.56 Å². The Hall–Kier alpha value is -0.996. The zero-order valence-corrected chi connectivity index (χ0v) is 12.7. The van der Waals surface area contributed by atoms with E-state index in [0.717, 1.165) is 16.8 Å². The summed E-state index contributed by atoms with van der Waals surface area (Å²) in [5, 5.41) is 10.9. The monoisotopic (exact) mass is 302 g/mol. The first-order valence-corrected chi connectivity index (χ1v) is 5.30. The van der Waals surface area contributed by atoms with Gasteiger partial charge in [-0.25, -0.2) is 0 Å². The number of rotatable bonds is 1. The summed E-state index contributed by atoms with van der Waals surface area (Å²) >= 11 is 0. The van der Waals surface area contributed by atoms with E-state index in [1.165, 1.54) is 0 Å². The fourth-order valence-electron chi connectivity index (χ4n) is 1.47. The van der Waals surface area contributed by atoms with Crippen molar-refractivity contribution < 1.29 is 32.7 Å². The van der Waals surface area contributed by atoms with E-state index in [9.17, 15) is 0 Å². The molecule has 0 atom stereocenters. The summed E-state index contributed by atoms with van der Waals surface area (Å²) in [6.07, 6.45) is 6.57. The van der Waals surface area contributed by atoms with Gasteiger partial charge in [-0.05, 0) is 23.5 Å². The van der Waals surface area contributed by atoms with Gasteiger partial charge in [-0.2, -0.15) is 5.10 Å². The van der Waals surface area contributed by atoms with Crippen molar-refractivity contribution in [1.82, 2.24) is 19.8 Å². The minimum Gasteiger partial charge on any atom is -0.331 e. The SMILES string of the molecule is CC.[Y].[c-]1nn2ccccc2c1-c1ccn[nH]1. The van der Waals surface area contributed by atoms with Gasteiger partial charge in [0.1, 0.15) is 0 Å². The first kappa shape index (κ1) is 14.1. The molecule has 0 aliphatic rings. The Bertz CT molecular complexity index is 557. The van der Waals surface area contributed by atoms with Gasteiger partial charge in [0.05, 0.1) is 0 Å². The number of aromatic nitrogens is 4. The van der Waals surface area contributed by atoms with Crippen molar-refractivity contribution in [3.63, 3.8) is 0 Å². The van der Waals surface area contributed by atoms with Crippen LogP contribution in [-0.2, 0) is 32.7 Å². The maximum Gasteiger partial charge on any atom is 0.0360 e. The first-order chi connectivity index (χ1) is 7.95. The Morgan fingerprint density at radius 1 is 1.24 bits per heavy atom. The second kappa shape index (κ2) is 6.67. The van der Waals surface area contributed by atoms with Crippen LogP contribution in [0.2, 0.25) is 0 Å². The summed E-state index contributed by atoms with van der Waals surface area (Å²) < 4.78 is 1.79. The number of H-pyrrole nitrogens is 1. The van der Waals surface area contributed by atoms with Gasteiger partial charge in [0.25, 0.3) is 0 Å². The van der Waals surface area contributed by atoms with Crippen molar-refractivity contribution in [3.8, 4) is 11.3 Å². The Kier molecular flexibility index (Phi) is 5.52. The number of fused-ring (bicyclic) bond motifs is 1. The van der Waals surface area contributed by atoms with Crippen LogP contribution in [-0.4, -0.2) is 19.8 Å². The molecule has 1 N–H and O–H groups in total. The molecule has 3 rings (SSSR count). The van der Waals surface area contributed by atoms with E-state index in [0.29, 0.717) is 0 Å². The topological polar surface area (TPSA) is 46.0 Å². The van der Waals surface area contributed by atoms with E-state index >= 15 is 0 Å². The van der Waals surface area contributed by atoms with Crippen molar-refractivity contribution in [1.29, 1.82) is 0 Å². The molecule has 0 aliphatic carbocycles. The van der Waals surface area contributed by atoms with E-state index in [1.54, 1.807) is 10.7 Å². The molecule has 0 saturated heterocycles. The van der Waals surface area contributed by atoms with Crippen molar-refractivity contribution in [3.05, 3.63) is 42.9 Å². The standard InChI is InChI=1S/C10H7N4.C2H6.Y/c1-2-6-14-10(3-1)8(7-12-14)9-4-5-11-13-9;1-2;/h1-6H,(H,11,13);1-2H3;/q-1;;. The van der Waals surface area contributed by atoms with Gasteiger partial charge >= 0.3 is 0 Å². The molecule has 0 unspecified atom stereocenters. The van der Waals surface area contributed by atoms with Crippen LogP contribution in [0, 0.1) is 6.20 Å². The number of nitrogens with zero attached hydrogens (tertiary/aromatic N) is 3. The molecular formula is C12H13N4Y-. The fraction of sp³-hybridized carbons (Fsp3) is 0.167. The summed E-state index contributed by atoms with van der Waals surface area (Å²) in [5.41, 5.74) is 2.91. The average molecular weight is 302 g/mol. The zero-order chi connectivity index (χ0) is 11.4. The molecular weight excluding hydrogens is 289 g/mol. The van der Waals surface area contributed by atoms with Gasteiger partial charge < -0.3 is 9.61 Å². The number of hydrogen-bond donors (Lipinski definition) is 1. The average Bonchev–Trinajstić information content (AvgIpc) is 3.00. The molecule has 3 heterocycles. The molecule has 5 heteroatoms. The van der Waals surface area contributed by atoms with Gasteiger partial charge in [-0.1, -0.05) is 32.0 Å². The number of aromatic amines is 1. The van der Waals surface area contributed by atoms with Crippen LogP contribution >= 0.6 is 0 Å². The third-order valence-corrected chi connectivity index (χ3v) is 2.14. The first-order valence-electron chi connectivity index (χ1n) is 5.30. The van der Waals surface area contributed by atoms with Gasteiger partial charge in [0, 0.05) is 45.1 Å². The quantitative estimate of drug-likeness (QED) is 0.702. The zero-order valence-electron chi connectivity index (χ0n) is 9.88. The Morgan fingerprint density at radius 3 is 2.76 bits per heavy atom. The van der Waals surface area contributed by atoms with Crippen LogP contribution in [0.3, 0.4) is 0 Å². The predicted octanol–water partition coefficient (Wildman–Crippen LogP) is 2.55. The smallest absolute Gasteiger partial charge is 0.0360 e. The molecule has 0 spiro atoms. The molecule has 0 saturated carbocycles. The maximum absolute atomic E-state index is 4.12. The summed E-state index contributed by atoms with van der Waals surface area (Å²) in [5.74, 6) is 0. The Labute approximate surface area is 125 Å². The predicted molar refractivity (Wildman–Crippen MR) is 63.0 cm³/mol. The van der Waals surface area contributed by atoms with Crippen molar-refractivity contribution >= 4 is 5.52 Å². The molecule has 0 amide bonds. The van der Waals surface area contributed by atoms with E-state index in [-0.39, 0.29) is 32.7 Å². The molecule has 3 aromatic rings. The molecule has 1 radical (unpaired) electrons. The third kappa shape index (κ3) is 2.82. The van der Waals surface area contributed by atoms with E-state index in [2.05, 4.69) is 21.5 Å². The van der Waals surface area contributed by atoms with Crippen LogP contribution in [0.25, 0.3) is 16.8 Å². The van der Waals surface area contributed by atoms with Crippen molar-refractivity contribution in [2.45, 2.75) is 13.8 Å². The molecule has 17 heavy (non-hydrogen) atoms. The van der Waals surface area contributed by atoms with E-state index in [1.807, 2.05) is 44.3 Å². The van der Waals surface area contributed by atoms with E-state index < -0.39 is 0 Å². The summed E-state index contributed by atoms with van der Waals surface area (Å²) in [7, 11) is 0. The summed E-state index contributed by atoms with van der Waals surface area (Å²) in [6.45, 7) is 4.00. The largest absolute Gasteiger partial charge is 0.331 e. The molecule has 0 fully saturated rings. The molecule has 4 nitrogen and oxygen atoms in total. The van der Waals surface area contributed by atoms with Gasteiger partial charge in [-0.3, -0.25) is 5.10 Å². The molecule has 0 bridgehead atoms. The normalized spacial score (nSPS) is 9.29. The van der Waals surface area contributed by atoms with Gasteiger partial charge in [0.2, 0.25) is 0 Å².